The number of nitrogens with one attached hydrogen (secondary N) is 1. The maximum Gasteiger partial charge on any atom is 0.255 e. The van der Waals surface area contributed by atoms with Crippen LogP contribution in [0.3, 0.4) is 0 Å². The summed E-state index contributed by atoms with van der Waals surface area (Å²) < 4.78 is 5.65. The Balaban J connectivity index is 1.63. The monoisotopic (exact) mass is 414 g/mol. The van der Waals surface area contributed by atoms with Crippen LogP contribution in [0.5, 0.6) is 11.6 Å². The van der Waals surface area contributed by atoms with Gasteiger partial charge in [0.1, 0.15) is 5.75 Å². The van der Waals surface area contributed by atoms with E-state index in [1.54, 1.807) is 48.5 Å². The van der Waals surface area contributed by atoms with Crippen LogP contribution in [0.4, 0.5) is 5.69 Å². The number of ketones is 1. The van der Waals surface area contributed by atoms with Crippen molar-refractivity contribution >= 4 is 40.6 Å². The molecule has 7 heteroatoms. The number of benzene rings is 2. The smallest absolute Gasteiger partial charge is 0.255 e. The summed E-state index contributed by atoms with van der Waals surface area (Å²) in [5.41, 5.74) is 1.53. The third-order valence-corrected chi connectivity index (χ3v) is 4.63. The number of carbonyl (C=O) groups excluding carboxylic acids is 2. The lowest BCUT2D eigenvalue weighted by Gasteiger charge is -2.08. The normalized spacial score (nSPS) is 10.4. The molecule has 1 aromatic heterocycles. The lowest BCUT2D eigenvalue weighted by molar-refractivity contribution is 0.0986. The molecule has 0 fully saturated rings. The summed E-state index contributed by atoms with van der Waals surface area (Å²) in [5, 5.41) is 3.42. The van der Waals surface area contributed by atoms with Crippen LogP contribution in [0.15, 0.2) is 60.8 Å². The molecular weight excluding hydrogens is 399 g/mol. The number of rotatable bonds is 6. The first kappa shape index (κ1) is 19.9. The number of nitrogens with zero attached hydrogens (tertiary/aromatic N) is 1. The fourth-order valence-corrected chi connectivity index (χ4v) is 2.69. The van der Waals surface area contributed by atoms with Crippen LogP contribution in [0.25, 0.3) is 0 Å². The first-order valence-electron chi connectivity index (χ1n) is 8.50. The van der Waals surface area contributed by atoms with E-state index < -0.39 is 0 Å². The second-order valence-electron chi connectivity index (χ2n) is 5.87. The van der Waals surface area contributed by atoms with Gasteiger partial charge in [0.25, 0.3) is 5.91 Å². The Morgan fingerprint density at radius 2 is 1.68 bits per heavy atom. The molecule has 0 unspecified atom stereocenters. The Kier molecular flexibility index (Phi) is 6.29. The number of aromatic nitrogens is 1. The van der Waals surface area contributed by atoms with Gasteiger partial charge in [-0.25, -0.2) is 4.98 Å². The highest BCUT2D eigenvalue weighted by Crippen LogP contribution is 2.24. The average molecular weight is 415 g/mol. The van der Waals surface area contributed by atoms with Gasteiger partial charge in [0.15, 0.2) is 5.78 Å². The van der Waals surface area contributed by atoms with Crippen molar-refractivity contribution in [2.75, 3.05) is 5.32 Å². The number of ether oxygens (including phenoxy) is 1. The summed E-state index contributed by atoms with van der Waals surface area (Å²) in [5.74, 6) is 0.673. The Hall–Kier alpha value is -2.89. The quantitative estimate of drug-likeness (QED) is 0.500. The molecule has 1 amide bonds. The van der Waals surface area contributed by atoms with E-state index >= 15 is 0 Å². The summed E-state index contributed by atoms with van der Waals surface area (Å²) >= 11 is 11.8. The zero-order valence-corrected chi connectivity index (χ0v) is 16.4. The Morgan fingerprint density at radius 1 is 0.964 bits per heavy atom. The molecule has 3 aromatic rings. The van der Waals surface area contributed by atoms with Crippen LogP contribution in [-0.2, 0) is 0 Å². The van der Waals surface area contributed by atoms with Gasteiger partial charge >= 0.3 is 0 Å². The Bertz CT molecular complexity index is 1000. The largest absolute Gasteiger partial charge is 0.439 e. The molecule has 1 heterocycles. The van der Waals surface area contributed by atoms with E-state index in [2.05, 4.69) is 10.3 Å². The minimum atomic E-state index is -0.329. The highest BCUT2D eigenvalue weighted by molar-refractivity contribution is 6.42. The summed E-state index contributed by atoms with van der Waals surface area (Å²) in [7, 11) is 0. The molecule has 28 heavy (non-hydrogen) atoms. The van der Waals surface area contributed by atoms with Gasteiger partial charge in [0, 0.05) is 23.6 Å². The fourth-order valence-electron chi connectivity index (χ4n) is 2.39. The second-order valence-corrected chi connectivity index (χ2v) is 6.69. The standard InChI is InChI=1S/C21H16Cl2N2O3/c1-2-19(26)13-3-7-16(8-4-13)28-20-10-6-15(12-24-20)25-21(27)14-5-9-17(22)18(23)11-14/h3-12H,2H2,1H3,(H,25,27). The number of carbonyl (C=O) groups is 2. The number of hydrogen-bond acceptors (Lipinski definition) is 4. The van der Waals surface area contributed by atoms with Gasteiger partial charge < -0.3 is 10.1 Å². The van der Waals surface area contributed by atoms with Crippen LogP contribution < -0.4 is 10.1 Å². The number of halogens is 2. The van der Waals surface area contributed by atoms with Crippen molar-refractivity contribution in [2.24, 2.45) is 0 Å². The summed E-state index contributed by atoms with van der Waals surface area (Å²) in [6, 6.07) is 14.8. The van der Waals surface area contributed by atoms with Crippen molar-refractivity contribution in [1.82, 2.24) is 4.98 Å². The molecule has 0 atom stereocenters. The summed E-state index contributed by atoms with van der Waals surface area (Å²) in [6.45, 7) is 1.82. The van der Waals surface area contributed by atoms with E-state index in [4.69, 9.17) is 27.9 Å². The number of amides is 1. The first-order valence-corrected chi connectivity index (χ1v) is 9.25. The Labute approximate surface area is 172 Å². The lowest BCUT2D eigenvalue weighted by Crippen LogP contribution is -2.12. The van der Waals surface area contributed by atoms with E-state index in [0.717, 1.165) is 0 Å². The third-order valence-electron chi connectivity index (χ3n) is 3.90. The average Bonchev–Trinajstić information content (AvgIpc) is 2.71. The van der Waals surface area contributed by atoms with Gasteiger partial charge in [0.05, 0.1) is 21.9 Å². The van der Waals surface area contributed by atoms with E-state index in [1.165, 1.54) is 12.3 Å². The minimum Gasteiger partial charge on any atom is -0.439 e. The Morgan fingerprint density at radius 3 is 2.29 bits per heavy atom. The highest BCUT2D eigenvalue weighted by Gasteiger charge is 2.09. The van der Waals surface area contributed by atoms with E-state index in [-0.39, 0.29) is 11.7 Å². The third kappa shape index (κ3) is 4.88. The van der Waals surface area contributed by atoms with Crippen LogP contribution >= 0.6 is 23.2 Å². The summed E-state index contributed by atoms with van der Waals surface area (Å²) in [4.78, 5) is 28.1. The van der Waals surface area contributed by atoms with Crippen LogP contribution in [0.1, 0.15) is 34.1 Å². The molecule has 0 spiro atoms. The van der Waals surface area contributed by atoms with Crippen molar-refractivity contribution in [1.29, 1.82) is 0 Å². The van der Waals surface area contributed by atoms with Crippen LogP contribution in [0.2, 0.25) is 10.0 Å². The van der Waals surface area contributed by atoms with Crippen molar-refractivity contribution in [3.05, 3.63) is 82.0 Å². The molecule has 0 aliphatic heterocycles. The van der Waals surface area contributed by atoms with Gasteiger partial charge in [-0.05, 0) is 48.5 Å². The molecule has 1 N–H and O–H groups in total. The van der Waals surface area contributed by atoms with E-state index in [0.29, 0.717) is 44.9 Å². The zero-order chi connectivity index (χ0) is 20.1. The molecule has 0 aliphatic carbocycles. The predicted molar refractivity (Wildman–Crippen MR) is 110 cm³/mol. The number of anilines is 1. The molecule has 3 rings (SSSR count). The van der Waals surface area contributed by atoms with Gasteiger partial charge in [0.2, 0.25) is 5.88 Å². The first-order chi connectivity index (χ1) is 13.5. The molecule has 0 aliphatic rings. The molecule has 0 saturated heterocycles. The SMILES string of the molecule is CCC(=O)c1ccc(Oc2ccc(NC(=O)c3ccc(Cl)c(Cl)c3)cn2)cc1. The van der Waals surface area contributed by atoms with Crippen molar-refractivity contribution in [2.45, 2.75) is 13.3 Å². The maximum absolute atomic E-state index is 12.3. The molecule has 2 aromatic carbocycles. The zero-order valence-electron chi connectivity index (χ0n) is 14.9. The van der Waals surface area contributed by atoms with Crippen molar-refractivity contribution in [3.8, 4) is 11.6 Å². The molecule has 0 radical (unpaired) electrons. The molecule has 5 nitrogen and oxygen atoms in total. The molecule has 0 saturated carbocycles. The molecule has 142 valence electrons. The van der Waals surface area contributed by atoms with E-state index in [1.807, 2.05) is 6.92 Å². The lowest BCUT2D eigenvalue weighted by atomic mass is 10.1. The predicted octanol–water partition coefficient (Wildman–Crippen LogP) is 6.03. The van der Waals surface area contributed by atoms with Gasteiger partial charge in [-0.2, -0.15) is 0 Å². The number of hydrogen-bond donors (Lipinski definition) is 1. The fraction of sp³-hybridized carbons (Fsp3) is 0.0952. The van der Waals surface area contributed by atoms with Gasteiger partial charge in [-0.15, -0.1) is 0 Å². The van der Waals surface area contributed by atoms with Crippen molar-refractivity contribution in [3.63, 3.8) is 0 Å². The van der Waals surface area contributed by atoms with Gasteiger partial charge in [-0.1, -0.05) is 30.1 Å². The van der Waals surface area contributed by atoms with E-state index in [9.17, 15) is 9.59 Å². The second kappa shape index (κ2) is 8.87. The van der Waals surface area contributed by atoms with Gasteiger partial charge in [-0.3, -0.25) is 9.59 Å². The highest BCUT2D eigenvalue weighted by atomic mass is 35.5. The van der Waals surface area contributed by atoms with Crippen LogP contribution in [-0.4, -0.2) is 16.7 Å². The summed E-state index contributed by atoms with van der Waals surface area (Å²) in [6.07, 6.45) is 1.94. The topological polar surface area (TPSA) is 68.3 Å². The number of Topliss-reactive ketones (excluding diaryl/α,β-unsaturated/α-hetero) is 1. The minimum absolute atomic E-state index is 0.0757. The maximum atomic E-state index is 12.3. The van der Waals surface area contributed by atoms with Crippen LogP contribution in [0, 0.1) is 0 Å². The number of pyridine rings is 1. The molecule has 0 bridgehead atoms. The molecular formula is C21H16Cl2N2O3. The van der Waals surface area contributed by atoms with Crippen molar-refractivity contribution < 1.29 is 14.3 Å².